The highest BCUT2D eigenvalue weighted by Gasteiger charge is 1.95. The van der Waals surface area contributed by atoms with Gasteiger partial charge in [-0.1, -0.05) is 221 Å². The van der Waals surface area contributed by atoms with E-state index in [1.54, 1.807) is 0 Å². The van der Waals surface area contributed by atoms with Gasteiger partial charge in [0, 0.05) is 0 Å². The third kappa shape index (κ3) is 358. The van der Waals surface area contributed by atoms with Crippen LogP contribution in [0.15, 0.2) is 13.2 Å². The summed E-state index contributed by atoms with van der Waals surface area (Å²) in [4.78, 5) is 0. The van der Waals surface area contributed by atoms with Crippen LogP contribution in [0.1, 0.15) is 221 Å². The van der Waals surface area contributed by atoms with Crippen molar-refractivity contribution in [2.75, 3.05) is 0 Å². The Morgan fingerprint density at radius 1 is 0.314 bits per heavy atom. The second-order valence-corrected chi connectivity index (χ2v) is 6.83. The Bertz CT molecular complexity index is 102. The van der Waals surface area contributed by atoms with E-state index in [0.29, 0.717) is 0 Å². The largest absolute Gasteiger partial charge is 0.106 e. The van der Waals surface area contributed by atoms with E-state index in [1.807, 2.05) is 55.4 Å². The summed E-state index contributed by atoms with van der Waals surface area (Å²) in [5, 5.41) is 0. The molecule has 0 nitrogen and oxygen atoms in total. The summed E-state index contributed by atoms with van der Waals surface area (Å²) in [6, 6.07) is 0. The van der Waals surface area contributed by atoms with Crippen molar-refractivity contribution in [3.8, 4) is 0 Å². The molecule has 0 aromatic rings. The SMILES string of the molecule is C1CCC1.C=C.CC.CC.CC.CC.CCC.CCCC.CCCC.CCCCC.CCCCC. The Balaban J connectivity index is -0.0000000251. The summed E-state index contributed by atoms with van der Waals surface area (Å²) in [7, 11) is 0. The normalized spacial score (nSPS) is 8.17. The van der Waals surface area contributed by atoms with Gasteiger partial charge >= 0.3 is 0 Å². The summed E-state index contributed by atoms with van der Waals surface area (Å²) in [6.07, 6.45) is 20.7. The lowest BCUT2D eigenvalue weighted by molar-refractivity contribution is 0.504. The first-order valence-electron chi connectivity index (χ1n) is 16.6. The van der Waals surface area contributed by atoms with Gasteiger partial charge in [0.2, 0.25) is 0 Å². The van der Waals surface area contributed by atoms with E-state index in [9.17, 15) is 0 Å². The molecule has 228 valence electrons. The van der Waals surface area contributed by atoms with Crippen molar-refractivity contribution in [1.29, 1.82) is 0 Å². The minimum atomic E-state index is 1.25. The highest BCUT2D eigenvalue weighted by atomic mass is 14.0. The maximum atomic E-state index is 3.00. The van der Waals surface area contributed by atoms with Crippen molar-refractivity contribution in [1.82, 2.24) is 0 Å². The smallest absolute Gasteiger partial charge is 0.0533 e. The topological polar surface area (TPSA) is 0 Å². The predicted molar refractivity (Wildman–Crippen MR) is 183 cm³/mol. The molecule has 0 radical (unpaired) electrons. The van der Waals surface area contributed by atoms with Gasteiger partial charge in [-0.25, -0.2) is 0 Å². The van der Waals surface area contributed by atoms with Gasteiger partial charge in [-0.05, 0) is 0 Å². The summed E-state index contributed by atoms with van der Waals surface area (Å²) >= 11 is 0. The molecule has 0 heterocycles. The maximum absolute atomic E-state index is 3.00. The van der Waals surface area contributed by atoms with Gasteiger partial charge in [0.05, 0.1) is 0 Å². The van der Waals surface area contributed by atoms with Gasteiger partial charge in [-0.3, -0.25) is 0 Å². The average Bonchev–Trinajstić information content (AvgIpc) is 2.91. The van der Waals surface area contributed by atoms with Crippen LogP contribution in [-0.2, 0) is 0 Å². The van der Waals surface area contributed by atoms with Crippen LogP contribution in [0.25, 0.3) is 0 Å². The number of hydrogen-bond donors (Lipinski definition) is 0. The number of hydrogen-bond acceptors (Lipinski definition) is 0. The van der Waals surface area contributed by atoms with Gasteiger partial charge < -0.3 is 0 Å². The Morgan fingerprint density at radius 3 is 0.429 bits per heavy atom. The van der Waals surface area contributed by atoms with E-state index < -0.39 is 0 Å². The molecule has 0 aliphatic heterocycles. The summed E-state index contributed by atoms with van der Waals surface area (Å²) < 4.78 is 0. The first-order valence-corrected chi connectivity index (χ1v) is 16.6. The van der Waals surface area contributed by atoms with Crippen LogP contribution >= 0.6 is 0 Å². The molecule has 0 aromatic carbocycles. The zero-order valence-corrected chi connectivity index (χ0v) is 30.0. The van der Waals surface area contributed by atoms with Gasteiger partial charge in [0.1, 0.15) is 0 Å². The van der Waals surface area contributed by atoms with Gasteiger partial charge in [-0.2, -0.15) is 0 Å². The molecule has 1 aliphatic rings. The van der Waals surface area contributed by atoms with Gasteiger partial charge in [0.25, 0.3) is 0 Å². The minimum Gasteiger partial charge on any atom is -0.106 e. The van der Waals surface area contributed by atoms with Crippen LogP contribution < -0.4 is 0 Å². The predicted octanol–water partition coefficient (Wildman–Crippen LogP) is 15.9. The van der Waals surface area contributed by atoms with Crippen LogP contribution in [0.3, 0.4) is 0 Å². The fraction of sp³-hybridized carbons (Fsp3) is 0.943. The molecule has 35 heavy (non-hydrogen) atoms. The lowest BCUT2D eigenvalue weighted by Crippen LogP contribution is -1.85. The molecular weight excluding hydrogens is 420 g/mol. The van der Waals surface area contributed by atoms with Crippen molar-refractivity contribution < 1.29 is 0 Å². The molecule has 0 spiro atoms. The molecule has 0 N–H and O–H groups in total. The lowest BCUT2D eigenvalue weighted by Gasteiger charge is -2.05. The van der Waals surface area contributed by atoms with Crippen LogP contribution in [0.4, 0.5) is 0 Å². The molecule has 0 amide bonds. The Hall–Kier alpha value is -0.260. The molecule has 0 atom stereocenters. The maximum Gasteiger partial charge on any atom is -0.0533 e. The lowest BCUT2D eigenvalue weighted by atomic mass is 10.0. The second kappa shape index (κ2) is 166. The highest BCUT2D eigenvalue weighted by Crippen LogP contribution is 2.15. The highest BCUT2D eigenvalue weighted by molar-refractivity contribution is 4.50. The van der Waals surface area contributed by atoms with E-state index in [-0.39, 0.29) is 0 Å². The van der Waals surface area contributed by atoms with Crippen LogP contribution in [0, 0.1) is 0 Å². The van der Waals surface area contributed by atoms with Crippen LogP contribution in [0.2, 0.25) is 0 Å². The van der Waals surface area contributed by atoms with Crippen molar-refractivity contribution in [2.45, 2.75) is 221 Å². The first-order chi connectivity index (χ1) is 17.1. The second-order valence-electron chi connectivity index (χ2n) is 6.83. The minimum absolute atomic E-state index is 1.25. The van der Waals surface area contributed by atoms with Crippen molar-refractivity contribution in [3.63, 3.8) is 0 Å². The fourth-order valence-electron chi connectivity index (χ4n) is 0.957. The monoisotopic (exact) mass is 509 g/mol. The summed E-state index contributed by atoms with van der Waals surface area (Å²) in [5.74, 6) is 0. The molecule has 0 unspecified atom stereocenters. The van der Waals surface area contributed by atoms with Gasteiger partial charge in [-0.15, -0.1) is 13.2 Å². The Labute approximate surface area is 234 Å². The van der Waals surface area contributed by atoms with E-state index in [2.05, 4.69) is 82.4 Å². The number of unbranched alkanes of at least 4 members (excludes halogenated alkanes) is 6. The van der Waals surface area contributed by atoms with Gasteiger partial charge in [0.15, 0.2) is 0 Å². The third-order valence-corrected chi connectivity index (χ3v) is 3.41. The fourth-order valence-corrected chi connectivity index (χ4v) is 0.957. The summed E-state index contributed by atoms with van der Waals surface area (Å²) in [6.45, 7) is 43.8. The van der Waals surface area contributed by atoms with E-state index in [1.165, 1.54) is 96.3 Å². The first kappa shape index (κ1) is 64.6. The molecule has 0 saturated heterocycles. The molecule has 0 aromatic heterocycles. The summed E-state index contributed by atoms with van der Waals surface area (Å²) in [5.41, 5.74) is 0. The third-order valence-electron chi connectivity index (χ3n) is 3.41. The quantitative estimate of drug-likeness (QED) is 0.313. The molecular formula is C35H88. The van der Waals surface area contributed by atoms with Crippen LogP contribution in [-0.4, -0.2) is 0 Å². The molecule has 1 aliphatic carbocycles. The molecule has 1 fully saturated rings. The van der Waals surface area contributed by atoms with Crippen molar-refractivity contribution in [3.05, 3.63) is 13.2 Å². The van der Waals surface area contributed by atoms with Crippen LogP contribution in [0.5, 0.6) is 0 Å². The van der Waals surface area contributed by atoms with E-state index in [0.717, 1.165) is 0 Å². The van der Waals surface area contributed by atoms with Crippen molar-refractivity contribution in [2.24, 2.45) is 0 Å². The zero-order chi connectivity index (χ0) is 30.6. The Kier molecular flexibility index (Phi) is 307. The molecule has 1 rings (SSSR count). The van der Waals surface area contributed by atoms with E-state index >= 15 is 0 Å². The molecule has 0 heteroatoms. The van der Waals surface area contributed by atoms with Crippen molar-refractivity contribution >= 4 is 0 Å². The molecule has 1 saturated carbocycles. The average molecular weight is 509 g/mol. The van der Waals surface area contributed by atoms with E-state index in [4.69, 9.17) is 0 Å². The Morgan fingerprint density at radius 2 is 0.429 bits per heavy atom. The molecule has 0 bridgehead atoms. The number of rotatable bonds is 6. The zero-order valence-electron chi connectivity index (χ0n) is 30.0. The standard InChI is InChI=1S/2C5H12.C4H8.2C4H10.C3H8.4C2H6.C2H4/c2*1-3-5-4-2;1-2-4-3-1;2*1-3-4-2;1-3-2;5*1-2/h2*3-5H2,1-2H3;1-4H2;2*3-4H2,1-2H3;3H2,1-2H3;4*1-2H3;1-2H2.